The van der Waals surface area contributed by atoms with E-state index in [0.29, 0.717) is 12.1 Å². The molecule has 0 atom stereocenters. The molecule has 1 aromatic heterocycles. The summed E-state index contributed by atoms with van der Waals surface area (Å²) in [5, 5.41) is 0. The van der Waals surface area contributed by atoms with Crippen molar-refractivity contribution < 1.29 is 18.0 Å². The van der Waals surface area contributed by atoms with Crippen molar-refractivity contribution in [2.75, 3.05) is 0 Å². The number of ketones is 1. The van der Waals surface area contributed by atoms with Crippen molar-refractivity contribution in [1.29, 1.82) is 0 Å². The Labute approximate surface area is 113 Å². The van der Waals surface area contributed by atoms with Crippen molar-refractivity contribution in [3.63, 3.8) is 0 Å². The molecule has 0 bridgehead atoms. The first-order valence-electron chi connectivity index (χ1n) is 4.85. The lowest BCUT2D eigenvalue weighted by atomic mass is 10.1. The number of aryl methyl sites for hydroxylation is 1. The molecular formula is C12H6BrF3OS. The van der Waals surface area contributed by atoms with Gasteiger partial charge in [-0.2, -0.15) is 0 Å². The monoisotopic (exact) mass is 334 g/mol. The summed E-state index contributed by atoms with van der Waals surface area (Å²) < 4.78 is 40.0. The lowest BCUT2D eigenvalue weighted by Crippen LogP contribution is -2.04. The summed E-state index contributed by atoms with van der Waals surface area (Å²) in [5.41, 5.74) is 0.356. The van der Waals surface area contributed by atoms with E-state index in [-0.39, 0.29) is 4.88 Å². The zero-order valence-electron chi connectivity index (χ0n) is 9.06. The molecule has 0 radical (unpaired) electrons. The highest BCUT2D eigenvalue weighted by atomic mass is 79.9. The smallest absolute Gasteiger partial charge is 0.206 e. The lowest BCUT2D eigenvalue weighted by molar-refractivity contribution is 0.103. The van der Waals surface area contributed by atoms with Crippen LogP contribution in [0.1, 0.15) is 20.8 Å². The topological polar surface area (TPSA) is 17.1 Å². The van der Waals surface area contributed by atoms with Crippen LogP contribution in [0.15, 0.2) is 22.0 Å². The summed E-state index contributed by atoms with van der Waals surface area (Å²) in [6.45, 7) is 1.78. The summed E-state index contributed by atoms with van der Waals surface area (Å²) in [6, 6.07) is 2.52. The Kier molecular flexibility index (Phi) is 3.59. The molecule has 94 valence electrons. The third-order valence-corrected chi connectivity index (χ3v) is 4.47. The van der Waals surface area contributed by atoms with Gasteiger partial charge in [-0.25, -0.2) is 13.2 Å². The van der Waals surface area contributed by atoms with Gasteiger partial charge in [0.2, 0.25) is 5.78 Å². The van der Waals surface area contributed by atoms with Crippen molar-refractivity contribution in [2.45, 2.75) is 6.92 Å². The number of hydrogen-bond acceptors (Lipinski definition) is 2. The number of thiophene rings is 1. The highest BCUT2D eigenvalue weighted by Crippen LogP contribution is 2.29. The molecule has 0 fully saturated rings. The van der Waals surface area contributed by atoms with Crippen LogP contribution in [0.2, 0.25) is 0 Å². The molecule has 0 N–H and O–H groups in total. The Morgan fingerprint density at radius 1 is 1.11 bits per heavy atom. The van der Waals surface area contributed by atoms with Crippen LogP contribution in [0.25, 0.3) is 0 Å². The lowest BCUT2D eigenvalue weighted by Gasteiger charge is -2.01. The molecule has 0 saturated heterocycles. The van der Waals surface area contributed by atoms with Gasteiger partial charge in [-0.05, 0) is 40.5 Å². The molecule has 1 nitrogen and oxygen atoms in total. The molecule has 0 saturated carbocycles. The molecule has 2 rings (SSSR count). The van der Waals surface area contributed by atoms with Crippen LogP contribution in [-0.2, 0) is 0 Å². The summed E-state index contributed by atoms with van der Waals surface area (Å²) in [5.74, 6) is -4.29. The molecule has 0 aliphatic rings. The molecule has 0 unspecified atom stereocenters. The maximum Gasteiger partial charge on any atom is 0.206 e. The normalized spacial score (nSPS) is 10.7. The minimum atomic E-state index is -1.31. The quantitative estimate of drug-likeness (QED) is 0.585. The van der Waals surface area contributed by atoms with Crippen molar-refractivity contribution in [3.8, 4) is 0 Å². The van der Waals surface area contributed by atoms with Gasteiger partial charge in [0, 0.05) is 6.07 Å². The summed E-state index contributed by atoms with van der Waals surface area (Å²) in [4.78, 5) is 12.2. The minimum Gasteiger partial charge on any atom is -0.288 e. The largest absolute Gasteiger partial charge is 0.288 e. The molecule has 1 heterocycles. The van der Waals surface area contributed by atoms with E-state index in [1.165, 1.54) is 0 Å². The predicted molar refractivity (Wildman–Crippen MR) is 66.5 cm³/mol. The van der Waals surface area contributed by atoms with Crippen molar-refractivity contribution in [2.24, 2.45) is 0 Å². The van der Waals surface area contributed by atoms with E-state index < -0.39 is 28.8 Å². The number of hydrogen-bond donors (Lipinski definition) is 0. The van der Waals surface area contributed by atoms with Crippen LogP contribution in [0.3, 0.4) is 0 Å². The SMILES string of the molecule is Cc1cc(C(=O)c2cc(F)c(F)cc2F)sc1Br. The molecule has 0 aliphatic heterocycles. The van der Waals surface area contributed by atoms with Gasteiger partial charge in [-0.15, -0.1) is 11.3 Å². The maximum atomic E-state index is 13.4. The number of carbonyl (C=O) groups excluding carboxylic acids is 1. The summed E-state index contributed by atoms with van der Waals surface area (Å²) in [6.07, 6.45) is 0. The standard InChI is InChI=1S/C12H6BrF3OS/c1-5-2-10(18-12(5)13)11(17)6-3-8(15)9(16)4-7(6)14/h2-4H,1H3. The zero-order valence-corrected chi connectivity index (χ0v) is 11.5. The van der Waals surface area contributed by atoms with Gasteiger partial charge in [-0.3, -0.25) is 4.79 Å². The fourth-order valence-electron chi connectivity index (χ4n) is 1.40. The number of halogens is 4. The van der Waals surface area contributed by atoms with Gasteiger partial charge in [0.15, 0.2) is 11.6 Å². The van der Waals surface area contributed by atoms with Gasteiger partial charge in [0.1, 0.15) is 5.82 Å². The molecule has 0 aliphatic carbocycles. The molecule has 6 heteroatoms. The Balaban J connectivity index is 2.49. The third kappa shape index (κ3) is 2.35. The Bertz CT molecular complexity index is 617. The van der Waals surface area contributed by atoms with E-state index in [2.05, 4.69) is 15.9 Å². The molecule has 1 aromatic carbocycles. The Hall–Kier alpha value is -1.14. The van der Waals surface area contributed by atoms with Crippen LogP contribution >= 0.6 is 27.3 Å². The number of rotatable bonds is 2. The summed E-state index contributed by atoms with van der Waals surface area (Å²) in [7, 11) is 0. The second-order valence-electron chi connectivity index (χ2n) is 3.64. The molecule has 18 heavy (non-hydrogen) atoms. The first-order chi connectivity index (χ1) is 8.40. The van der Waals surface area contributed by atoms with E-state index in [1.54, 1.807) is 13.0 Å². The van der Waals surface area contributed by atoms with Crippen molar-refractivity contribution >= 4 is 33.0 Å². The minimum absolute atomic E-state index is 0.268. The summed E-state index contributed by atoms with van der Waals surface area (Å²) >= 11 is 4.36. The molecule has 0 spiro atoms. The van der Waals surface area contributed by atoms with Crippen LogP contribution in [0.5, 0.6) is 0 Å². The molecular weight excluding hydrogens is 329 g/mol. The Morgan fingerprint density at radius 3 is 2.28 bits per heavy atom. The van der Waals surface area contributed by atoms with E-state index in [9.17, 15) is 18.0 Å². The first-order valence-corrected chi connectivity index (χ1v) is 6.46. The number of benzene rings is 1. The molecule has 2 aromatic rings. The van der Waals surface area contributed by atoms with Crippen LogP contribution < -0.4 is 0 Å². The van der Waals surface area contributed by atoms with Gasteiger partial charge in [-0.1, -0.05) is 0 Å². The van der Waals surface area contributed by atoms with Crippen molar-refractivity contribution in [3.05, 3.63) is 55.4 Å². The second kappa shape index (κ2) is 4.85. The maximum absolute atomic E-state index is 13.4. The third-order valence-electron chi connectivity index (χ3n) is 2.34. The van der Waals surface area contributed by atoms with Gasteiger partial charge < -0.3 is 0 Å². The fourth-order valence-corrected chi connectivity index (χ4v) is 2.89. The van der Waals surface area contributed by atoms with Crippen LogP contribution in [0, 0.1) is 24.4 Å². The molecule has 0 amide bonds. The van der Waals surface area contributed by atoms with Gasteiger partial charge in [0.05, 0.1) is 14.2 Å². The highest BCUT2D eigenvalue weighted by Gasteiger charge is 2.19. The van der Waals surface area contributed by atoms with Gasteiger partial charge in [0.25, 0.3) is 0 Å². The first kappa shape index (κ1) is 13.3. The van der Waals surface area contributed by atoms with Crippen LogP contribution in [0.4, 0.5) is 13.2 Å². The zero-order chi connectivity index (χ0) is 13.4. The van der Waals surface area contributed by atoms with Crippen molar-refractivity contribution in [1.82, 2.24) is 0 Å². The highest BCUT2D eigenvalue weighted by molar-refractivity contribution is 9.11. The van der Waals surface area contributed by atoms with E-state index in [1.807, 2.05) is 0 Å². The van der Waals surface area contributed by atoms with Gasteiger partial charge >= 0.3 is 0 Å². The Morgan fingerprint density at radius 2 is 1.72 bits per heavy atom. The average Bonchev–Trinajstić information content (AvgIpc) is 2.63. The van der Waals surface area contributed by atoms with E-state index in [0.717, 1.165) is 20.7 Å². The van der Waals surface area contributed by atoms with E-state index in [4.69, 9.17) is 0 Å². The number of carbonyl (C=O) groups is 1. The average molecular weight is 335 g/mol. The predicted octanol–water partition coefficient (Wildman–Crippen LogP) is 4.47. The second-order valence-corrected chi connectivity index (χ2v) is 6.01. The van der Waals surface area contributed by atoms with E-state index >= 15 is 0 Å². The fraction of sp³-hybridized carbons (Fsp3) is 0.0833. The van der Waals surface area contributed by atoms with Crippen LogP contribution in [-0.4, -0.2) is 5.78 Å².